The number of carbonyl (C=O) groups is 3. The van der Waals surface area contributed by atoms with Gasteiger partial charge < -0.3 is 14.2 Å². The molecule has 0 bridgehead atoms. The first-order chi connectivity index (χ1) is 28.0. The lowest BCUT2D eigenvalue weighted by molar-refractivity contribution is -0.166. The van der Waals surface area contributed by atoms with Gasteiger partial charge in [-0.25, -0.2) is 0 Å². The molecule has 0 amide bonds. The second kappa shape index (κ2) is 45.0. The Kier molecular flexibility index (Phi) is 42.1. The molecule has 0 spiro atoms. The van der Waals surface area contributed by atoms with Crippen molar-refractivity contribution in [3.05, 3.63) is 97.2 Å². The minimum absolute atomic E-state index is 0.123. The lowest BCUT2D eigenvalue weighted by Crippen LogP contribution is -2.30. The van der Waals surface area contributed by atoms with Crippen molar-refractivity contribution < 1.29 is 28.6 Å². The number of hydrogen-bond donors (Lipinski definition) is 0. The Bertz CT molecular complexity index is 1180. The number of allylic oxidation sites excluding steroid dienone is 15. The van der Waals surface area contributed by atoms with E-state index in [1.54, 1.807) is 6.08 Å². The van der Waals surface area contributed by atoms with Crippen LogP contribution in [0, 0.1) is 0 Å². The molecular weight excluding hydrogens is 709 g/mol. The molecule has 0 N–H and O–H groups in total. The maximum Gasteiger partial charge on any atom is 0.309 e. The predicted octanol–water partition coefficient (Wildman–Crippen LogP) is 14.6. The normalized spacial score (nSPS) is 13.0. The van der Waals surface area contributed by atoms with Crippen molar-refractivity contribution >= 4 is 17.9 Å². The monoisotopic (exact) mass is 791 g/mol. The van der Waals surface area contributed by atoms with Gasteiger partial charge in [-0.1, -0.05) is 182 Å². The van der Waals surface area contributed by atoms with Crippen LogP contribution < -0.4 is 0 Å². The van der Waals surface area contributed by atoms with Gasteiger partial charge in [-0.3, -0.25) is 14.4 Å². The molecule has 1 unspecified atom stereocenters. The van der Waals surface area contributed by atoms with E-state index in [0.29, 0.717) is 6.42 Å². The number of ether oxygens (including phenoxy) is 3. The first-order valence-electron chi connectivity index (χ1n) is 22.8. The summed E-state index contributed by atoms with van der Waals surface area (Å²) in [6.07, 6.45) is 58.5. The number of esters is 3. The highest BCUT2D eigenvalue weighted by atomic mass is 16.6. The second-order valence-electron chi connectivity index (χ2n) is 14.6. The Balaban J connectivity index is 4.46. The topological polar surface area (TPSA) is 78.9 Å². The minimum Gasteiger partial charge on any atom is -0.462 e. The Hall–Kier alpha value is -3.67. The molecule has 0 aliphatic heterocycles. The van der Waals surface area contributed by atoms with E-state index >= 15 is 0 Å². The maximum atomic E-state index is 12.7. The highest BCUT2D eigenvalue weighted by molar-refractivity contribution is 5.72. The summed E-state index contributed by atoms with van der Waals surface area (Å²) in [5.41, 5.74) is 0. The molecule has 0 rings (SSSR count). The molecule has 0 aliphatic carbocycles. The van der Waals surface area contributed by atoms with E-state index in [1.165, 1.54) is 32.1 Å². The fraction of sp³-hybridized carbons (Fsp3) is 0.627. The van der Waals surface area contributed by atoms with Crippen molar-refractivity contribution in [1.82, 2.24) is 0 Å². The van der Waals surface area contributed by atoms with Gasteiger partial charge in [0, 0.05) is 12.8 Å². The standard InChI is InChI=1S/C51H82O6/c1-4-7-10-13-16-19-21-23-24-25-26-27-28-30-32-35-38-41-44-50(53)56-47-48(46-55-49(52)43-40-37-34-31-18-15-12-9-6-3)57-51(54)45-42-39-36-33-29-22-20-17-14-11-8-5-2/h8-9,11-12,17-18,20-21,23-27,31,37,40,48H,4-7,10,13-16,19,22,28-30,32-36,38-39,41-47H2,1-3H3/b11-8-,12-9-,20-17-,23-21-,25-24-,27-26-,31-18-,40-37-. The van der Waals surface area contributed by atoms with Gasteiger partial charge in [-0.05, 0) is 83.5 Å². The van der Waals surface area contributed by atoms with Gasteiger partial charge in [0.1, 0.15) is 13.2 Å². The summed E-state index contributed by atoms with van der Waals surface area (Å²) in [7, 11) is 0. The molecule has 6 nitrogen and oxygen atoms in total. The highest BCUT2D eigenvalue weighted by Crippen LogP contribution is 2.12. The smallest absolute Gasteiger partial charge is 0.309 e. The molecule has 0 aromatic heterocycles. The zero-order valence-electron chi connectivity index (χ0n) is 36.6. The molecule has 0 aromatic rings. The van der Waals surface area contributed by atoms with E-state index in [1.807, 2.05) is 6.08 Å². The highest BCUT2D eigenvalue weighted by Gasteiger charge is 2.19. The Morgan fingerprint density at radius 3 is 1.37 bits per heavy atom. The van der Waals surface area contributed by atoms with Crippen molar-refractivity contribution in [3.63, 3.8) is 0 Å². The molecule has 0 aliphatic rings. The molecule has 0 heterocycles. The van der Waals surface area contributed by atoms with Gasteiger partial charge in [-0.2, -0.15) is 0 Å². The van der Waals surface area contributed by atoms with E-state index in [4.69, 9.17) is 14.2 Å². The molecule has 0 aromatic carbocycles. The van der Waals surface area contributed by atoms with Crippen LogP contribution in [0.2, 0.25) is 0 Å². The summed E-state index contributed by atoms with van der Waals surface area (Å²) in [5, 5.41) is 0. The van der Waals surface area contributed by atoms with Gasteiger partial charge in [-0.15, -0.1) is 0 Å². The molecule has 0 saturated heterocycles. The van der Waals surface area contributed by atoms with Crippen LogP contribution in [-0.4, -0.2) is 37.2 Å². The number of rotatable bonds is 39. The fourth-order valence-electron chi connectivity index (χ4n) is 5.77. The van der Waals surface area contributed by atoms with Crippen molar-refractivity contribution in [2.45, 2.75) is 194 Å². The average Bonchev–Trinajstić information content (AvgIpc) is 3.21. The summed E-state index contributed by atoms with van der Waals surface area (Å²) < 4.78 is 16.5. The minimum atomic E-state index is -0.827. The van der Waals surface area contributed by atoms with Crippen LogP contribution in [0.25, 0.3) is 0 Å². The van der Waals surface area contributed by atoms with Crippen LogP contribution in [0.3, 0.4) is 0 Å². The first kappa shape index (κ1) is 53.3. The third-order valence-corrected chi connectivity index (χ3v) is 9.15. The van der Waals surface area contributed by atoms with Crippen LogP contribution in [0.4, 0.5) is 0 Å². The number of carbonyl (C=O) groups excluding carboxylic acids is 3. The lowest BCUT2D eigenvalue weighted by Gasteiger charge is -2.18. The molecule has 0 saturated carbocycles. The maximum absolute atomic E-state index is 12.7. The van der Waals surface area contributed by atoms with Crippen molar-refractivity contribution in [1.29, 1.82) is 0 Å². The molecule has 1 atom stereocenters. The molecule has 0 fully saturated rings. The average molecular weight is 791 g/mol. The number of unbranched alkanes of at least 4 members (excludes halogenated alkanes) is 15. The zero-order valence-corrected chi connectivity index (χ0v) is 36.6. The van der Waals surface area contributed by atoms with Crippen molar-refractivity contribution in [3.8, 4) is 0 Å². The van der Waals surface area contributed by atoms with Gasteiger partial charge >= 0.3 is 17.9 Å². The van der Waals surface area contributed by atoms with Gasteiger partial charge in [0.15, 0.2) is 6.10 Å². The van der Waals surface area contributed by atoms with E-state index in [9.17, 15) is 14.4 Å². The van der Waals surface area contributed by atoms with Crippen LogP contribution >= 0.6 is 0 Å². The Morgan fingerprint density at radius 1 is 0.404 bits per heavy atom. The Morgan fingerprint density at radius 2 is 0.825 bits per heavy atom. The van der Waals surface area contributed by atoms with Gasteiger partial charge in [0.2, 0.25) is 0 Å². The fourth-order valence-corrected chi connectivity index (χ4v) is 5.77. The van der Waals surface area contributed by atoms with Crippen LogP contribution in [0.15, 0.2) is 97.2 Å². The van der Waals surface area contributed by atoms with Crippen molar-refractivity contribution in [2.24, 2.45) is 0 Å². The van der Waals surface area contributed by atoms with Crippen LogP contribution in [0.1, 0.15) is 188 Å². The van der Waals surface area contributed by atoms with E-state index in [2.05, 4.69) is 106 Å². The zero-order chi connectivity index (χ0) is 41.5. The molecule has 322 valence electrons. The largest absolute Gasteiger partial charge is 0.462 e. The summed E-state index contributed by atoms with van der Waals surface area (Å²) in [4.78, 5) is 37.6. The first-order valence-corrected chi connectivity index (χ1v) is 22.8. The molecule has 0 radical (unpaired) electrons. The third-order valence-electron chi connectivity index (χ3n) is 9.15. The van der Waals surface area contributed by atoms with Gasteiger partial charge in [0.25, 0.3) is 0 Å². The van der Waals surface area contributed by atoms with Gasteiger partial charge in [0.05, 0.1) is 6.42 Å². The Labute approximate surface area is 349 Å². The summed E-state index contributed by atoms with van der Waals surface area (Å²) in [6, 6.07) is 0. The molecule has 57 heavy (non-hydrogen) atoms. The second-order valence-corrected chi connectivity index (χ2v) is 14.6. The molecular formula is C51H82O6. The molecule has 6 heteroatoms. The summed E-state index contributed by atoms with van der Waals surface area (Å²) >= 11 is 0. The summed E-state index contributed by atoms with van der Waals surface area (Å²) in [5.74, 6) is -1.10. The SMILES string of the molecule is CC/C=C\C/C=C\C/C=C\CC(=O)OCC(COC(=O)CCCCCCC\C=C/C=C\C=C/CCCCCCC)OC(=O)CCCCCCC/C=C\C/C=C\CC. The van der Waals surface area contributed by atoms with Crippen LogP contribution in [-0.2, 0) is 28.6 Å². The predicted molar refractivity (Wildman–Crippen MR) is 242 cm³/mol. The lowest BCUT2D eigenvalue weighted by atomic mass is 10.1. The summed E-state index contributed by atoms with van der Waals surface area (Å²) in [6.45, 7) is 6.23. The number of hydrogen-bond acceptors (Lipinski definition) is 6. The third kappa shape index (κ3) is 43.3. The quantitative estimate of drug-likeness (QED) is 0.0203. The van der Waals surface area contributed by atoms with Crippen molar-refractivity contribution in [2.75, 3.05) is 13.2 Å². The van der Waals surface area contributed by atoms with E-state index < -0.39 is 12.1 Å². The van der Waals surface area contributed by atoms with Crippen LogP contribution in [0.5, 0.6) is 0 Å². The van der Waals surface area contributed by atoms with E-state index in [-0.39, 0.29) is 38.0 Å². The van der Waals surface area contributed by atoms with E-state index in [0.717, 1.165) is 116 Å².